The first-order valence-electron chi connectivity index (χ1n) is 6.91. The Labute approximate surface area is 114 Å². The molecule has 0 spiro atoms. The lowest BCUT2D eigenvalue weighted by Gasteiger charge is -2.20. The first-order valence-corrected chi connectivity index (χ1v) is 6.91. The van der Waals surface area contributed by atoms with Crippen LogP contribution in [-0.4, -0.2) is 0 Å². The fraction of sp³-hybridized carbons (Fsp3) is 0.294. The lowest BCUT2D eigenvalue weighted by Crippen LogP contribution is -2.07. The van der Waals surface area contributed by atoms with Crippen LogP contribution in [0.3, 0.4) is 0 Å². The van der Waals surface area contributed by atoms with Gasteiger partial charge in [-0.3, -0.25) is 0 Å². The molecular formula is C17H19NO. The molecule has 0 fully saturated rings. The van der Waals surface area contributed by atoms with Crippen molar-refractivity contribution in [2.45, 2.75) is 32.3 Å². The summed E-state index contributed by atoms with van der Waals surface area (Å²) in [5.74, 6) is 0.971. The predicted octanol–water partition coefficient (Wildman–Crippen LogP) is 3.73. The summed E-state index contributed by atoms with van der Waals surface area (Å²) in [6.07, 6.45) is 4.75. The van der Waals surface area contributed by atoms with Crippen LogP contribution in [0.2, 0.25) is 0 Å². The van der Waals surface area contributed by atoms with Crippen LogP contribution in [0.25, 0.3) is 0 Å². The minimum Gasteiger partial charge on any atom is -0.489 e. The average Bonchev–Trinajstić information content (AvgIpc) is 2.45. The van der Waals surface area contributed by atoms with Crippen molar-refractivity contribution in [1.29, 1.82) is 0 Å². The zero-order chi connectivity index (χ0) is 13.1. The first-order chi connectivity index (χ1) is 9.33. The van der Waals surface area contributed by atoms with E-state index in [1.54, 1.807) is 0 Å². The maximum absolute atomic E-state index is 5.99. The Hall–Kier alpha value is -1.96. The highest BCUT2D eigenvalue weighted by molar-refractivity contribution is 5.54. The van der Waals surface area contributed by atoms with E-state index >= 15 is 0 Å². The van der Waals surface area contributed by atoms with Crippen LogP contribution in [0, 0.1) is 0 Å². The van der Waals surface area contributed by atoms with Crippen molar-refractivity contribution in [2.75, 3.05) is 5.73 Å². The van der Waals surface area contributed by atoms with Gasteiger partial charge in [0.2, 0.25) is 0 Å². The molecular weight excluding hydrogens is 234 g/mol. The smallest absolute Gasteiger partial charge is 0.125 e. The van der Waals surface area contributed by atoms with E-state index < -0.39 is 0 Å². The summed E-state index contributed by atoms with van der Waals surface area (Å²) in [7, 11) is 0. The monoisotopic (exact) mass is 253 g/mol. The van der Waals surface area contributed by atoms with Gasteiger partial charge in [-0.1, -0.05) is 30.3 Å². The molecule has 0 heterocycles. The number of benzene rings is 2. The Morgan fingerprint density at radius 2 is 1.79 bits per heavy atom. The molecule has 0 radical (unpaired) electrons. The third-order valence-electron chi connectivity index (χ3n) is 3.68. The molecule has 0 saturated carbocycles. The van der Waals surface area contributed by atoms with Gasteiger partial charge in [0.15, 0.2) is 0 Å². The van der Waals surface area contributed by atoms with Crippen LogP contribution in [0.4, 0.5) is 5.69 Å². The Morgan fingerprint density at radius 3 is 2.63 bits per heavy atom. The second-order valence-corrected chi connectivity index (χ2v) is 5.14. The fourth-order valence-electron chi connectivity index (χ4n) is 2.71. The quantitative estimate of drug-likeness (QED) is 0.846. The van der Waals surface area contributed by atoms with Gasteiger partial charge in [0, 0.05) is 11.8 Å². The number of aryl methyl sites for hydroxylation is 1. The van der Waals surface area contributed by atoms with Crippen LogP contribution in [0.1, 0.15) is 29.5 Å². The molecule has 98 valence electrons. The number of ether oxygens (including phenoxy) is 1. The van der Waals surface area contributed by atoms with E-state index in [4.69, 9.17) is 10.5 Å². The zero-order valence-corrected chi connectivity index (χ0v) is 11.1. The highest BCUT2D eigenvalue weighted by Gasteiger charge is 2.15. The van der Waals surface area contributed by atoms with Gasteiger partial charge < -0.3 is 10.5 Å². The molecule has 0 bridgehead atoms. The maximum atomic E-state index is 5.99. The number of rotatable bonds is 3. The number of hydrogen-bond donors (Lipinski definition) is 1. The lowest BCUT2D eigenvalue weighted by atomic mass is 9.90. The SMILES string of the molecule is Nc1cc2c(c(OCc3ccccc3)c1)CCCC2. The summed E-state index contributed by atoms with van der Waals surface area (Å²) in [6.45, 7) is 0.608. The molecule has 0 aliphatic heterocycles. The molecule has 2 nitrogen and oxygen atoms in total. The average molecular weight is 253 g/mol. The van der Waals surface area contributed by atoms with Crippen LogP contribution in [0.15, 0.2) is 42.5 Å². The van der Waals surface area contributed by atoms with E-state index in [-0.39, 0.29) is 0 Å². The molecule has 1 aliphatic rings. The molecule has 19 heavy (non-hydrogen) atoms. The summed E-state index contributed by atoms with van der Waals surface area (Å²) in [5.41, 5.74) is 10.7. The molecule has 0 aromatic heterocycles. The van der Waals surface area contributed by atoms with E-state index in [9.17, 15) is 0 Å². The topological polar surface area (TPSA) is 35.2 Å². The molecule has 0 saturated heterocycles. The van der Waals surface area contributed by atoms with E-state index in [0.29, 0.717) is 6.61 Å². The highest BCUT2D eigenvalue weighted by atomic mass is 16.5. The van der Waals surface area contributed by atoms with Gasteiger partial charge in [-0.05, 0) is 48.4 Å². The largest absolute Gasteiger partial charge is 0.489 e. The van der Waals surface area contributed by atoms with Crippen LogP contribution in [-0.2, 0) is 19.4 Å². The maximum Gasteiger partial charge on any atom is 0.125 e. The predicted molar refractivity (Wildman–Crippen MR) is 78.3 cm³/mol. The standard InChI is InChI=1S/C17H19NO/c18-15-10-14-8-4-5-9-16(14)17(11-15)19-12-13-6-2-1-3-7-13/h1-3,6-7,10-11H,4-5,8-9,12,18H2. The van der Waals surface area contributed by atoms with Gasteiger partial charge in [0.1, 0.15) is 12.4 Å². The number of nitrogen functional groups attached to an aromatic ring is 1. The summed E-state index contributed by atoms with van der Waals surface area (Å²) < 4.78 is 5.99. The molecule has 2 N–H and O–H groups in total. The Bertz CT molecular complexity index is 563. The summed E-state index contributed by atoms with van der Waals surface area (Å²) in [4.78, 5) is 0. The van der Waals surface area contributed by atoms with E-state index in [0.717, 1.165) is 24.3 Å². The van der Waals surface area contributed by atoms with Crippen LogP contribution < -0.4 is 10.5 Å². The van der Waals surface area contributed by atoms with Gasteiger partial charge in [0.25, 0.3) is 0 Å². The van der Waals surface area contributed by atoms with Crippen molar-refractivity contribution in [3.63, 3.8) is 0 Å². The molecule has 0 unspecified atom stereocenters. The van der Waals surface area contributed by atoms with Crippen LogP contribution in [0.5, 0.6) is 5.75 Å². The van der Waals surface area contributed by atoms with Gasteiger partial charge >= 0.3 is 0 Å². The van der Waals surface area contributed by atoms with Crippen molar-refractivity contribution >= 4 is 5.69 Å². The third-order valence-corrected chi connectivity index (χ3v) is 3.68. The molecule has 3 rings (SSSR count). The summed E-state index contributed by atoms with van der Waals surface area (Å²) in [5, 5.41) is 0. The number of anilines is 1. The van der Waals surface area contributed by atoms with Crippen LogP contribution >= 0.6 is 0 Å². The zero-order valence-electron chi connectivity index (χ0n) is 11.1. The minimum absolute atomic E-state index is 0.608. The van der Waals surface area contributed by atoms with Crippen molar-refractivity contribution in [3.05, 3.63) is 59.2 Å². The lowest BCUT2D eigenvalue weighted by molar-refractivity contribution is 0.301. The van der Waals surface area contributed by atoms with Crippen molar-refractivity contribution in [1.82, 2.24) is 0 Å². The minimum atomic E-state index is 0.608. The van der Waals surface area contributed by atoms with E-state index in [2.05, 4.69) is 18.2 Å². The first kappa shape index (κ1) is 12.1. The van der Waals surface area contributed by atoms with Gasteiger partial charge in [-0.25, -0.2) is 0 Å². The normalized spacial score (nSPS) is 13.9. The number of nitrogens with two attached hydrogens (primary N) is 1. The molecule has 2 aromatic rings. The number of fused-ring (bicyclic) bond motifs is 1. The summed E-state index contributed by atoms with van der Waals surface area (Å²) in [6, 6.07) is 14.3. The Morgan fingerprint density at radius 1 is 1.00 bits per heavy atom. The molecule has 1 aliphatic carbocycles. The third kappa shape index (κ3) is 2.73. The van der Waals surface area contributed by atoms with Gasteiger partial charge in [-0.15, -0.1) is 0 Å². The molecule has 2 heteroatoms. The summed E-state index contributed by atoms with van der Waals surface area (Å²) >= 11 is 0. The van der Waals surface area contributed by atoms with Crippen molar-refractivity contribution in [2.24, 2.45) is 0 Å². The Balaban J connectivity index is 1.82. The highest BCUT2D eigenvalue weighted by Crippen LogP contribution is 2.32. The molecule has 0 amide bonds. The second-order valence-electron chi connectivity index (χ2n) is 5.14. The molecule has 2 aromatic carbocycles. The molecule has 0 atom stereocenters. The van der Waals surface area contributed by atoms with E-state index in [1.165, 1.54) is 29.5 Å². The Kier molecular flexibility index (Phi) is 3.41. The second kappa shape index (κ2) is 5.35. The van der Waals surface area contributed by atoms with E-state index in [1.807, 2.05) is 24.3 Å². The fourth-order valence-corrected chi connectivity index (χ4v) is 2.71. The van der Waals surface area contributed by atoms with Crippen molar-refractivity contribution in [3.8, 4) is 5.75 Å². The van der Waals surface area contributed by atoms with Gasteiger partial charge in [0.05, 0.1) is 0 Å². The van der Waals surface area contributed by atoms with Crippen molar-refractivity contribution < 1.29 is 4.74 Å². The van der Waals surface area contributed by atoms with Gasteiger partial charge in [-0.2, -0.15) is 0 Å². The number of hydrogen-bond acceptors (Lipinski definition) is 2.